The SMILES string of the molecule is NC(N)=NCCCC(NC(=O)CNC(=O)C(N)CS)C(=O)N1CCCC1C(=O)O. The average Bonchev–Trinajstić information content (AvgIpc) is 3.17. The summed E-state index contributed by atoms with van der Waals surface area (Å²) in [6.07, 6.45) is 1.51. The fraction of sp³-hybridized carbons (Fsp3) is 0.688. The zero-order chi connectivity index (χ0) is 22.0. The minimum atomic E-state index is -1.09. The highest BCUT2D eigenvalue weighted by atomic mass is 32.1. The Kier molecular flexibility index (Phi) is 10.2. The molecule has 1 fully saturated rings. The smallest absolute Gasteiger partial charge is 0.326 e. The van der Waals surface area contributed by atoms with Crippen LogP contribution in [0.15, 0.2) is 4.99 Å². The fourth-order valence-corrected chi connectivity index (χ4v) is 3.04. The molecule has 1 heterocycles. The van der Waals surface area contributed by atoms with Gasteiger partial charge in [-0.05, 0) is 25.7 Å². The molecule has 1 aliphatic heterocycles. The lowest BCUT2D eigenvalue weighted by Crippen LogP contribution is -2.54. The fourth-order valence-electron chi connectivity index (χ4n) is 2.88. The number of hydrogen-bond acceptors (Lipinski definition) is 7. The van der Waals surface area contributed by atoms with Crippen molar-refractivity contribution in [2.45, 2.75) is 43.8 Å². The number of aliphatic carboxylic acids is 1. The summed E-state index contributed by atoms with van der Waals surface area (Å²) in [6.45, 7) is 0.168. The van der Waals surface area contributed by atoms with Crippen molar-refractivity contribution in [1.29, 1.82) is 0 Å². The molecule has 0 spiro atoms. The highest BCUT2D eigenvalue weighted by Crippen LogP contribution is 2.19. The number of rotatable bonds is 11. The third-order valence-corrected chi connectivity index (χ3v) is 4.75. The van der Waals surface area contributed by atoms with Crippen molar-refractivity contribution in [1.82, 2.24) is 15.5 Å². The summed E-state index contributed by atoms with van der Waals surface area (Å²) in [7, 11) is 0. The van der Waals surface area contributed by atoms with Gasteiger partial charge in [0, 0.05) is 18.8 Å². The van der Waals surface area contributed by atoms with Gasteiger partial charge in [-0.2, -0.15) is 12.6 Å². The normalized spacial score (nSPS) is 17.9. The number of carboxylic acids is 1. The second kappa shape index (κ2) is 12.1. The molecule has 3 amide bonds. The van der Waals surface area contributed by atoms with Gasteiger partial charge < -0.3 is 37.8 Å². The quantitative estimate of drug-likeness (QED) is 0.0773. The van der Waals surface area contributed by atoms with Crippen LogP contribution in [-0.4, -0.2) is 83.2 Å². The van der Waals surface area contributed by atoms with Crippen LogP contribution in [0.4, 0.5) is 0 Å². The zero-order valence-corrected chi connectivity index (χ0v) is 16.9. The number of carboxylic acid groups (broad SMARTS) is 1. The number of nitrogens with two attached hydrogens (primary N) is 3. The molecule has 0 aromatic carbocycles. The first-order valence-electron chi connectivity index (χ1n) is 9.19. The molecular weight excluding hydrogens is 402 g/mol. The van der Waals surface area contributed by atoms with Gasteiger partial charge in [0.25, 0.3) is 0 Å². The predicted molar refractivity (Wildman–Crippen MR) is 109 cm³/mol. The Labute approximate surface area is 174 Å². The molecule has 9 N–H and O–H groups in total. The van der Waals surface area contributed by atoms with E-state index in [1.807, 2.05) is 0 Å². The van der Waals surface area contributed by atoms with Crippen molar-refractivity contribution in [2.24, 2.45) is 22.2 Å². The van der Waals surface area contributed by atoms with Gasteiger partial charge in [0.2, 0.25) is 17.7 Å². The monoisotopic (exact) mass is 431 g/mol. The van der Waals surface area contributed by atoms with Gasteiger partial charge >= 0.3 is 5.97 Å². The van der Waals surface area contributed by atoms with Gasteiger partial charge in [-0.1, -0.05) is 0 Å². The van der Waals surface area contributed by atoms with Gasteiger partial charge in [0.1, 0.15) is 12.1 Å². The molecule has 0 aromatic rings. The number of guanidine groups is 1. The minimum absolute atomic E-state index is 0.0920. The Morgan fingerprint density at radius 3 is 2.55 bits per heavy atom. The molecule has 0 bridgehead atoms. The van der Waals surface area contributed by atoms with Crippen LogP contribution in [0.25, 0.3) is 0 Å². The summed E-state index contributed by atoms with van der Waals surface area (Å²) in [5.74, 6) is -2.70. The van der Waals surface area contributed by atoms with Crippen molar-refractivity contribution >= 4 is 42.3 Å². The number of nitrogens with one attached hydrogen (secondary N) is 2. The van der Waals surface area contributed by atoms with Crippen molar-refractivity contribution in [3.8, 4) is 0 Å². The Morgan fingerprint density at radius 2 is 1.97 bits per heavy atom. The van der Waals surface area contributed by atoms with Crippen LogP contribution in [0.3, 0.4) is 0 Å². The lowest BCUT2D eigenvalue weighted by Gasteiger charge is -2.27. The van der Waals surface area contributed by atoms with Crippen molar-refractivity contribution in [2.75, 3.05) is 25.4 Å². The van der Waals surface area contributed by atoms with Gasteiger partial charge in [-0.15, -0.1) is 0 Å². The maximum atomic E-state index is 12.9. The molecule has 3 atom stereocenters. The molecule has 1 aliphatic rings. The summed E-state index contributed by atoms with van der Waals surface area (Å²) in [6, 6.07) is -2.75. The van der Waals surface area contributed by atoms with E-state index in [1.165, 1.54) is 4.90 Å². The second-order valence-corrected chi connectivity index (χ2v) is 6.97. The van der Waals surface area contributed by atoms with E-state index in [1.54, 1.807) is 0 Å². The second-order valence-electron chi connectivity index (χ2n) is 6.60. The molecule has 29 heavy (non-hydrogen) atoms. The van der Waals surface area contributed by atoms with Crippen LogP contribution in [0, 0.1) is 0 Å². The summed E-state index contributed by atoms with van der Waals surface area (Å²) in [5, 5.41) is 14.2. The summed E-state index contributed by atoms with van der Waals surface area (Å²) in [5.41, 5.74) is 16.0. The Hall–Kier alpha value is -2.54. The van der Waals surface area contributed by atoms with Crippen LogP contribution in [0.2, 0.25) is 0 Å². The number of aliphatic imine (C=N–C) groups is 1. The molecule has 3 unspecified atom stereocenters. The zero-order valence-electron chi connectivity index (χ0n) is 16.0. The molecule has 0 saturated carbocycles. The van der Waals surface area contributed by atoms with E-state index in [-0.39, 0.29) is 31.2 Å². The number of likely N-dealkylation sites (tertiary alicyclic amines) is 1. The molecule has 0 radical (unpaired) electrons. The van der Waals surface area contributed by atoms with Gasteiger partial charge in [0.15, 0.2) is 5.96 Å². The van der Waals surface area contributed by atoms with Crippen molar-refractivity contribution in [3.63, 3.8) is 0 Å². The highest BCUT2D eigenvalue weighted by molar-refractivity contribution is 7.80. The highest BCUT2D eigenvalue weighted by Gasteiger charge is 2.37. The summed E-state index contributed by atoms with van der Waals surface area (Å²) in [4.78, 5) is 53.2. The molecule has 1 saturated heterocycles. The van der Waals surface area contributed by atoms with E-state index in [4.69, 9.17) is 17.2 Å². The molecule has 164 valence electrons. The summed E-state index contributed by atoms with van der Waals surface area (Å²) < 4.78 is 0. The van der Waals surface area contributed by atoms with Gasteiger partial charge in [0.05, 0.1) is 12.6 Å². The Bertz CT molecular complexity index is 641. The first kappa shape index (κ1) is 24.5. The van der Waals surface area contributed by atoms with E-state index in [0.717, 1.165) is 0 Å². The summed E-state index contributed by atoms with van der Waals surface area (Å²) >= 11 is 3.91. The van der Waals surface area contributed by atoms with Crippen LogP contribution in [0.5, 0.6) is 0 Å². The Morgan fingerprint density at radius 1 is 1.28 bits per heavy atom. The van der Waals surface area contributed by atoms with E-state index >= 15 is 0 Å². The Balaban J connectivity index is 2.75. The molecule has 1 rings (SSSR count). The van der Waals surface area contributed by atoms with E-state index < -0.39 is 41.8 Å². The molecular formula is C16H29N7O5S. The lowest BCUT2D eigenvalue weighted by molar-refractivity contribution is -0.149. The lowest BCUT2D eigenvalue weighted by atomic mass is 10.1. The van der Waals surface area contributed by atoms with Crippen LogP contribution in [0.1, 0.15) is 25.7 Å². The molecule has 0 aliphatic carbocycles. The van der Waals surface area contributed by atoms with E-state index in [2.05, 4.69) is 28.3 Å². The van der Waals surface area contributed by atoms with Crippen molar-refractivity contribution < 1.29 is 24.3 Å². The number of hydrogen-bond donors (Lipinski definition) is 7. The third kappa shape index (κ3) is 8.15. The minimum Gasteiger partial charge on any atom is -0.480 e. The van der Waals surface area contributed by atoms with Crippen LogP contribution >= 0.6 is 12.6 Å². The maximum Gasteiger partial charge on any atom is 0.326 e. The number of thiol groups is 1. The third-order valence-electron chi connectivity index (χ3n) is 4.36. The number of carbonyl (C=O) groups excluding carboxylic acids is 3. The molecule has 12 nitrogen and oxygen atoms in total. The van der Waals surface area contributed by atoms with Gasteiger partial charge in [-0.25, -0.2) is 4.79 Å². The first-order valence-corrected chi connectivity index (χ1v) is 9.82. The average molecular weight is 432 g/mol. The standard InChI is InChI=1S/C16H29N7O5S/c17-9(8-29)13(25)21-7-12(24)22-10(3-1-5-20-16(18)19)14(26)23-6-2-4-11(23)15(27)28/h9-11,29H,1-8,17H2,(H,21,25)(H,22,24)(H,27,28)(H4,18,19,20). The number of amides is 3. The largest absolute Gasteiger partial charge is 0.480 e. The van der Waals surface area contributed by atoms with Gasteiger partial charge in [-0.3, -0.25) is 19.4 Å². The maximum absolute atomic E-state index is 12.9. The number of nitrogens with zero attached hydrogens (tertiary/aromatic N) is 2. The predicted octanol–water partition coefficient (Wildman–Crippen LogP) is -3.03. The van der Waals surface area contributed by atoms with E-state index in [9.17, 15) is 24.3 Å². The molecule has 0 aromatic heterocycles. The molecule has 13 heteroatoms. The first-order chi connectivity index (χ1) is 13.7. The topological polar surface area (TPSA) is 206 Å². The van der Waals surface area contributed by atoms with Crippen molar-refractivity contribution in [3.05, 3.63) is 0 Å². The van der Waals surface area contributed by atoms with Crippen LogP contribution < -0.4 is 27.8 Å². The van der Waals surface area contributed by atoms with Crippen LogP contribution in [-0.2, 0) is 19.2 Å². The number of carbonyl (C=O) groups is 4. The van der Waals surface area contributed by atoms with E-state index in [0.29, 0.717) is 25.8 Å².